The molecule has 1 heterocycles. The van der Waals surface area contributed by atoms with Crippen LogP contribution in [0.25, 0.3) is 0 Å². The lowest BCUT2D eigenvalue weighted by Gasteiger charge is -2.28. The molecule has 1 aliphatic heterocycles. The standard InChI is InChI=1S/C6H14N2.C2H6/c1-6-5-8(2)4-3-7-6;1-2/h6-7H,3-5H2,1-2H3;1-2H3. The van der Waals surface area contributed by atoms with E-state index in [0.717, 1.165) is 6.54 Å². The molecule has 1 saturated heterocycles. The van der Waals surface area contributed by atoms with Crippen molar-refractivity contribution >= 4 is 0 Å². The zero-order valence-electron chi connectivity index (χ0n) is 7.65. The van der Waals surface area contributed by atoms with Crippen molar-refractivity contribution in [2.75, 3.05) is 26.7 Å². The van der Waals surface area contributed by atoms with Crippen molar-refractivity contribution in [3.63, 3.8) is 0 Å². The largest absolute Gasteiger partial charge is 0.312 e. The van der Waals surface area contributed by atoms with Crippen molar-refractivity contribution in [1.82, 2.24) is 10.2 Å². The molecule has 0 radical (unpaired) electrons. The van der Waals surface area contributed by atoms with Gasteiger partial charge >= 0.3 is 0 Å². The number of nitrogens with zero attached hydrogens (tertiary/aromatic N) is 1. The number of piperazine rings is 1. The minimum Gasteiger partial charge on any atom is -0.312 e. The normalized spacial score (nSPS) is 27.0. The first-order valence-corrected chi connectivity index (χ1v) is 4.21. The first kappa shape index (κ1) is 9.92. The fourth-order valence-corrected chi connectivity index (χ4v) is 1.13. The van der Waals surface area contributed by atoms with E-state index in [2.05, 4.69) is 24.2 Å². The second-order valence-corrected chi connectivity index (χ2v) is 2.62. The summed E-state index contributed by atoms with van der Waals surface area (Å²) in [4.78, 5) is 2.35. The Bertz CT molecular complexity index is 65.7. The Hall–Kier alpha value is -0.0800. The topological polar surface area (TPSA) is 15.3 Å². The van der Waals surface area contributed by atoms with Crippen molar-refractivity contribution in [3.8, 4) is 0 Å². The van der Waals surface area contributed by atoms with Crippen LogP contribution in [0, 0.1) is 0 Å². The van der Waals surface area contributed by atoms with E-state index < -0.39 is 0 Å². The molecule has 0 amide bonds. The Morgan fingerprint density at radius 1 is 1.40 bits per heavy atom. The fraction of sp³-hybridized carbons (Fsp3) is 1.00. The van der Waals surface area contributed by atoms with Gasteiger partial charge in [0.2, 0.25) is 0 Å². The molecule has 10 heavy (non-hydrogen) atoms. The first-order valence-electron chi connectivity index (χ1n) is 4.21. The van der Waals surface area contributed by atoms with Crippen LogP contribution in [0.15, 0.2) is 0 Å². The maximum absolute atomic E-state index is 3.37. The minimum atomic E-state index is 0.689. The van der Waals surface area contributed by atoms with Gasteiger partial charge in [0.15, 0.2) is 0 Å². The van der Waals surface area contributed by atoms with E-state index in [1.54, 1.807) is 0 Å². The summed E-state index contributed by atoms with van der Waals surface area (Å²) in [5, 5.41) is 3.37. The van der Waals surface area contributed by atoms with Crippen molar-refractivity contribution in [2.24, 2.45) is 0 Å². The third-order valence-corrected chi connectivity index (χ3v) is 1.57. The van der Waals surface area contributed by atoms with Crippen LogP contribution in [-0.4, -0.2) is 37.6 Å². The van der Waals surface area contributed by atoms with Gasteiger partial charge in [-0.05, 0) is 14.0 Å². The van der Waals surface area contributed by atoms with Crippen LogP contribution < -0.4 is 5.32 Å². The molecule has 2 heteroatoms. The van der Waals surface area contributed by atoms with E-state index in [9.17, 15) is 0 Å². The summed E-state index contributed by atoms with van der Waals surface area (Å²) < 4.78 is 0. The molecule has 1 N–H and O–H groups in total. The molecule has 1 fully saturated rings. The molecule has 0 bridgehead atoms. The average molecular weight is 144 g/mol. The molecule has 1 aliphatic rings. The predicted octanol–water partition coefficient (Wildman–Crippen LogP) is 0.936. The van der Waals surface area contributed by atoms with E-state index in [0.29, 0.717) is 6.04 Å². The lowest BCUT2D eigenvalue weighted by atomic mass is 10.2. The van der Waals surface area contributed by atoms with Crippen molar-refractivity contribution < 1.29 is 0 Å². The third kappa shape index (κ3) is 3.85. The van der Waals surface area contributed by atoms with E-state index in [1.165, 1.54) is 13.1 Å². The summed E-state index contributed by atoms with van der Waals surface area (Å²) in [5.41, 5.74) is 0. The predicted molar refractivity (Wildman–Crippen MR) is 46.3 cm³/mol. The molecular weight excluding hydrogens is 124 g/mol. The van der Waals surface area contributed by atoms with Gasteiger partial charge in [0.1, 0.15) is 0 Å². The number of hydrogen-bond donors (Lipinski definition) is 1. The van der Waals surface area contributed by atoms with E-state index in [1.807, 2.05) is 13.8 Å². The van der Waals surface area contributed by atoms with Gasteiger partial charge in [-0.15, -0.1) is 0 Å². The molecule has 62 valence electrons. The minimum absolute atomic E-state index is 0.689. The molecule has 0 aromatic rings. The summed E-state index contributed by atoms with van der Waals surface area (Å²) in [6.07, 6.45) is 0. The van der Waals surface area contributed by atoms with Gasteiger partial charge in [-0.3, -0.25) is 0 Å². The maximum Gasteiger partial charge on any atom is 0.0167 e. The zero-order chi connectivity index (χ0) is 7.98. The van der Waals surface area contributed by atoms with Gasteiger partial charge in [-0.25, -0.2) is 0 Å². The highest BCUT2D eigenvalue weighted by molar-refractivity contribution is 4.71. The Labute approximate surface area is 64.6 Å². The summed E-state index contributed by atoms with van der Waals surface area (Å²) in [7, 11) is 2.16. The first-order chi connectivity index (χ1) is 4.79. The summed E-state index contributed by atoms with van der Waals surface area (Å²) in [6, 6.07) is 0.689. The van der Waals surface area contributed by atoms with Crippen LogP contribution in [-0.2, 0) is 0 Å². The van der Waals surface area contributed by atoms with Crippen LogP contribution in [0.5, 0.6) is 0 Å². The fourth-order valence-electron chi connectivity index (χ4n) is 1.13. The van der Waals surface area contributed by atoms with Gasteiger partial charge in [-0.1, -0.05) is 13.8 Å². The van der Waals surface area contributed by atoms with Crippen molar-refractivity contribution in [3.05, 3.63) is 0 Å². The van der Waals surface area contributed by atoms with E-state index in [-0.39, 0.29) is 0 Å². The van der Waals surface area contributed by atoms with E-state index >= 15 is 0 Å². The highest BCUT2D eigenvalue weighted by atomic mass is 15.2. The van der Waals surface area contributed by atoms with Crippen LogP contribution in [0.2, 0.25) is 0 Å². The quantitative estimate of drug-likeness (QED) is 0.544. The van der Waals surface area contributed by atoms with Gasteiger partial charge in [0, 0.05) is 25.7 Å². The monoisotopic (exact) mass is 144 g/mol. The molecule has 1 unspecified atom stereocenters. The second-order valence-electron chi connectivity index (χ2n) is 2.62. The number of likely N-dealkylation sites (N-methyl/N-ethyl adjacent to an activating group) is 1. The molecule has 0 aliphatic carbocycles. The highest BCUT2D eigenvalue weighted by Gasteiger charge is 2.09. The van der Waals surface area contributed by atoms with Gasteiger partial charge in [0.05, 0.1) is 0 Å². The summed E-state index contributed by atoms with van der Waals surface area (Å²) in [5.74, 6) is 0. The van der Waals surface area contributed by atoms with Crippen molar-refractivity contribution in [2.45, 2.75) is 26.8 Å². The van der Waals surface area contributed by atoms with Crippen LogP contribution in [0.3, 0.4) is 0 Å². The number of rotatable bonds is 0. The second kappa shape index (κ2) is 5.69. The SMILES string of the molecule is CC.CC1CN(C)CCN1. The Morgan fingerprint density at radius 3 is 2.30 bits per heavy atom. The van der Waals surface area contributed by atoms with Gasteiger partial charge < -0.3 is 10.2 Å². The lowest BCUT2D eigenvalue weighted by molar-refractivity contribution is 0.248. The molecule has 1 atom stereocenters. The number of nitrogens with one attached hydrogen (secondary N) is 1. The average Bonchev–Trinajstić information content (AvgIpc) is 1.91. The molecular formula is C8H20N2. The van der Waals surface area contributed by atoms with Crippen LogP contribution >= 0.6 is 0 Å². The molecule has 0 aromatic heterocycles. The highest BCUT2D eigenvalue weighted by Crippen LogP contribution is 1.92. The smallest absolute Gasteiger partial charge is 0.0167 e. The Kier molecular flexibility index (Phi) is 5.64. The maximum atomic E-state index is 3.37. The summed E-state index contributed by atoms with van der Waals surface area (Å²) in [6.45, 7) is 9.76. The lowest BCUT2D eigenvalue weighted by Crippen LogP contribution is -2.47. The van der Waals surface area contributed by atoms with E-state index in [4.69, 9.17) is 0 Å². The Balaban J connectivity index is 0.000000371. The molecule has 0 aromatic carbocycles. The molecule has 0 spiro atoms. The summed E-state index contributed by atoms with van der Waals surface area (Å²) >= 11 is 0. The third-order valence-electron chi connectivity index (χ3n) is 1.57. The zero-order valence-corrected chi connectivity index (χ0v) is 7.65. The van der Waals surface area contributed by atoms with Crippen LogP contribution in [0.4, 0.5) is 0 Å². The number of hydrogen-bond acceptors (Lipinski definition) is 2. The van der Waals surface area contributed by atoms with Gasteiger partial charge in [-0.2, -0.15) is 0 Å². The Morgan fingerprint density at radius 2 is 2.00 bits per heavy atom. The molecule has 0 saturated carbocycles. The van der Waals surface area contributed by atoms with Gasteiger partial charge in [0.25, 0.3) is 0 Å². The van der Waals surface area contributed by atoms with Crippen molar-refractivity contribution in [1.29, 1.82) is 0 Å². The molecule has 2 nitrogen and oxygen atoms in total. The molecule has 1 rings (SSSR count). The van der Waals surface area contributed by atoms with Crippen LogP contribution in [0.1, 0.15) is 20.8 Å².